The molecule has 2 unspecified atom stereocenters. The number of fused-ring (bicyclic) bond motifs is 2. The summed E-state index contributed by atoms with van der Waals surface area (Å²) in [6.45, 7) is 0.897. The lowest BCUT2D eigenvalue weighted by atomic mass is 9.86. The number of rotatable bonds is 4. The van der Waals surface area contributed by atoms with Gasteiger partial charge in [0.05, 0.1) is 0 Å². The van der Waals surface area contributed by atoms with Crippen LogP contribution in [0, 0.1) is 4.91 Å². The highest BCUT2D eigenvalue weighted by Crippen LogP contribution is 2.43. The van der Waals surface area contributed by atoms with E-state index in [2.05, 4.69) is 10.5 Å². The molecule has 128 valence electrons. The van der Waals surface area contributed by atoms with Crippen molar-refractivity contribution in [3.8, 4) is 11.5 Å². The van der Waals surface area contributed by atoms with E-state index in [-0.39, 0.29) is 6.42 Å². The molecule has 7 heteroatoms. The molecule has 0 aliphatic carbocycles. The summed E-state index contributed by atoms with van der Waals surface area (Å²) in [7, 11) is 0. The number of benzene rings is 2. The molecule has 2 aromatic rings. The molecule has 7 nitrogen and oxygen atoms in total. The molecule has 2 aliphatic heterocycles. The number of aliphatic hydroxyl groups is 1. The summed E-state index contributed by atoms with van der Waals surface area (Å²) in [4.78, 5) is 23.8. The van der Waals surface area contributed by atoms with Gasteiger partial charge >= 0.3 is 0 Å². The number of nitrogens with zero attached hydrogens (tertiary/aromatic N) is 1. The van der Waals surface area contributed by atoms with Gasteiger partial charge in [-0.15, -0.1) is 0 Å². The Kier molecular flexibility index (Phi) is 3.65. The van der Waals surface area contributed by atoms with Crippen LogP contribution >= 0.6 is 0 Å². The zero-order chi connectivity index (χ0) is 17.4. The second-order valence-electron chi connectivity index (χ2n) is 6.09. The largest absolute Gasteiger partial charge is 0.486 e. The van der Waals surface area contributed by atoms with Crippen LogP contribution in [0.5, 0.6) is 11.5 Å². The van der Waals surface area contributed by atoms with Crippen LogP contribution in [0.25, 0.3) is 0 Å². The fourth-order valence-electron chi connectivity index (χ4n) is 3.27. The Bertz CT molecular complexity index is 853. The number of nitroso groups, excluding NO2 is 1. The Hall–Kier alpha value is -2.93. The molecule has 2 N–H and O–H groups in total. The van der Waals surface area contributed by atoms with Gasteiger partial charge in [-0.3, -0.25) is 4.79 Å². The molecule has 2 heterocycles. The number of amides is 1. The minimum atomic E-state index is -1.80. The first-order chi connectivity index (χ1) is 12.1. The fourth-order valence-corrected chi connectivity index (χ4v) is 3.27. The molecular weight excluding hydrogens is 324 g/mol. The van der Waals surface area contributed by atoms with Crippen LogP contribution in [0.2, 0.25) is 0 Å². The van der Waals surface area contributed by atoms with Crippen molar-refractivity contribution in [2.75, 3.05) is 18.5 Å². The summed E-state index contributed by atoms with van der Waals surface area (Å²) in [6, 6.07) is 11.0. The molecule has 1 amide bonds. The van der Waals surface area contributed by atoms with Gasteiger partial charge in [-0.25, -0.2) is 0 Å². The summed E-state index contributed by atoms with van der Waals surface area (Å²) < 4.78 is 11.0. The van der Waals surface area contributed by atoms with E-state index in [4.69, 9.17) is 9.47 Å². The predicted molar refractivity (Wildman–Crippen MR) is 89.6 cm³/mol. The number of hydrogen-bond acceptors (Lipinski definition) is 6. The van der Waals surface area contributed by atoms with Crippen LogP contribution in [-0.4, -0.2) is 24.2 Å². The number of para-hydroxylation sites is 1. The zero-order valence-corrected chi connectivity index (χ0v) is 13.3. The maximum atomic E-state index is 12.3. The van der Waals surface area contributed by atoms with E-state index < -0.39 is 17.6 Å². The SMILES string of the molecule is O=NC(CC1(O)C(=O)Nc2ccccc21)c1ccc2c(c1)OCCO2. The van der Waals surface area contributed by atoms with E-state index in [1.807, 2.05) is 0 Å². The van der Waals surface area contributed by atoms with Crippen molar-refractivity contribution in [1.29, 1.82) is 0 Å². The van der Waals surface area contributed by atoms with Crippen molar-refractivity contribution >= 4 is 11.6 Å². The number of ether oxygens (including phenoxy) is 2. The topological polar surface area (TPSA) is 97.2 Å². The number of hydrogen-bond donors (Lipinski definition) is 2. The average molecular weight is 340 g/mol. The number of nitrogens with one attached hydrogen (secondary N) is 1. The normalized spacial score (nSPS) is 22.0. The van der Waals surface area contributed by atoms with E-state index in [1.54, 1.807) is 42.5 Å². The van der Waals surface area contributed by atoms with Crippen LogP contribution in [-0.2, 0) is 10.4 Å². The van der Waals surface area contributed by atoms with Crippen molar-refractivity contribution in [3.05, 3.63) is 58.5 Å². The first-order valence-corrected chi connectivity index (χ1v) is 7.97. The maximum absolute atomic E-state index is 12.3. The van der Waals surface area contributed by atoms with Crippen LogP contribution < -0.4 is 14.8 Å². The first-order valence-electron chi connectivity index (χ1n) is 7.97. The number of carbonyl (C=O) groups excluding carboxylic acids is 1. The third kappa shape index (κ3) is 2.53. The molecule has 0 fully saturated rings. The second-order valence-corrected chi connectivity index (χ2v) is 6.09. The predicted octanol–water partition coefficient (Wildman–Crippen LogP) is 2.50. The van der Waals surface area contributed by atoms with Crippen molar-refractivity contribution in [2.24, 2.45) is 5.18 Å². The third-order valence-corrected chi connectivity index (χ3v) is 4.56. The van der Waals surface area contributed by atoms with Crippen molar-refractivity contribution < 1.29 is 19.4 Å². The summed E-state index contributed by atoms with van der Waals surface area (Å²) in [6.07, 6.45) is -0.154. The lowest BCUT2D eigenvalue weighted by Crippen LogP contribution is -2.35. The molecule has 0 saturated carbocycles. The van der Waals surface area contributed by atoms with Crippen molar-refractivity contribution in [1.82, 2.24) is 0 Å². The molecule has 2 atom stereocenters. The number of anilines is 1. The van der Waals surface area contributed by atoms with Gasteiger partial charge < -0.3 is 19.9 Å². The molecule has 2 aliphatic rings. The highest BCUT2D eigenvalue weighted by molar-refractivity contribution is 6.04. The van der Waals surface area contributed by atoms with E-state index >= 15 is 0 Å². The lowest BCUT2D eigenvalue weighted by molar-refractivity contribution is -0.134. The van der Waals surface area contributed by atoms with Crippen LogP contribution in [0.3, 0.4) is 0 Å². The van der Waals surface area contributed by atoms with Gasteiger partial charge in [-0.1, -0.05) is 29.4 Å². The molecule has 0 saturated heterocycles. The molecule has 0 spiro atoms. The van der Waals surface area contributed by atoms with Crippen LogP contribution in [0.1, 0.15) is 23.6 Å². The van der Waals surface area contributed by atoms with Gasteiger partial charge in [0.1, 0.15) is 19.3 Å². The molecule has 0 bridgehead atoms. The highest BCUT2D eigenvalue weighted by atomic mass is 16.6. The van der Waals surface area contributed by atoms with Gasteiger partial charge in [-0.05, 0) is 23.8 Å². The fraction of sp³-hybridized carbons (Fsp3) is 0.278. The first kappa shape index (κ1) is 15.6. The maximum Gasteiger partial charge on any atom is 0.261 e. The Balaban J connectivity index is 1.66. The summed E-state index contributed by atoms with van der Waals surface area (Å²) >= 11 is 0. The summed E-state index contributed by atoms with van der Waals surface area (Å²) in [5.41, 5.74) is -0.250. The summed E-state index contributed by atoms with van der Waals surface area (Å²) in [5.74, 6) is 0.572. The van der Waals surface area contributed by atoms with Gasteiger partial charge in [0.25, 0.3) is 5.91 Å². The Labute approximate surface area is 143 Å². The Morgan fingerprint density at radius 2 is 1.92 bits per heavy atom. The monoisotopic (exact) mass is 340 g/mol. The minimum Gasteiger partial charge on any atom is -0.486 e. The van der Waals surface area contributed by atoms with Gasteiger partial charge in [-0.2, -0.15) is 4.91 Å². The Morgan fingerprint density at radius 3 is 2.72 bits per heavy atom. The smallest absolute Gasteiger partial charge is 0.261 e. The molecule has 0 radical (unpaired) electrons. The average Bonchev–Trinajstić information content (AvgIpc) is 2.90. The molecule has 4 rings (SSSR count). The molecule has 2 aromatic carbocycles. The molecule has 0 aromatic heterocycles. The van der Waals surface area contributed by atoms with Crippen molar-refractivity contribution in [3.63, 3.8) is 0 Å². The zero-order valence-electron chi connectivity index (χ0n) is 13.3. The van der Waals surface area contributed by atoms with Gasteiger partial charge in [0.15, 0.2) is 17.1 Å². The highest BCUT2D eigenvalue weighted by Gasteiger charge is 2.47. The van der Waals surface area contributed by atoms with Crippen LogP contribution in [0.4, 0.5) is 5.69 Å². The summed E-state index contributed by atoms with van der Waals surface area (Å²) in [5, 5.41) is 16.7. The van der Waals surface area contributed by atoms with Crippen LogP contribution in [0.15, 0.2) is 47.6 Å². The molecule has 25 heavy (non-hydrogen) atoms. The second kappa shape index (κ2) is 5.86. The van der Waals surface area contributed by atoms with E-state index in [0.717, 1.165) is 0 Å². The van der Waals surface area contributed by atoms with Gasteiger partial charge in [0.2, 0.25) is 0 Å². The molecular formula is C18H16N2O5. The van der Waals surface area contributed by atoms with E-state index in [1.165, 1.54) is 0 Å². The van der Waals surface area contributed by atoms with Gasteiger partial charge in [0, 0.05) is 17.7 Å². The van der Waals surface area contributed by atoms with E-state index in [9.17, 15) is 14.8 Å². The number of carbonyl (C=O) groups is 1. The van der Waals surface area contributed by atoms with E-state index in [0.29, 0.717) is 41.5 Å². The lowest BCUT2D eigenvalue weighted by Gasteiger charge is -2.24. The quantitative estimate of drug-likeness (QED) is 0.834. The Morgan fingerprint density at radius 1 is 1.16 bits per heavy atom. The van der Waals surface area contributed by atoms with Crippen molar-refractivity contribution in [2.45, 2.75) is 18.1 Å². The third-order valence-electron chi connectivity index (χ3n) is 4.56. The minimum absolute atomic E-state index is 0.154. The standard InChI is InChI=1S/C18H16N2O5/c21-17-18(22,12-3-1-2-4-13(12)19-17)10-14(20-23)11-5-6-15-16(9-11)25-8-7-24-15/h1-6,9,14,22H,7-8,10H2,(H,19,21).